The Morgan fingerprint density at radius 1 is 1.26 bits per heavy atom. The average molecular weight is 271 g/mol. The Balaban J connectivity index is 2.48. The Hall–Kier alpha value is -1.59. The van der Waals surface area contributed by atoms with E-state index in [1.54, 1.807) is 20.8 Å². The van der Waals surface area contributed by atoms with Crippen molar-refractivity contribution in [2.24, 2.45) is 5.92 Å². The minimum atomic E-state index is -0.609. The first-order chi connectivity index (χ1) is 8.73. The van der Waals surface area contributed by atoms with Crippen molar-refractivity contribution < 1.29 is 23.9 Å². The van der Waals surface area contributed by atoms with Crippen molar-refractivity contribution in [3.63, 3.8) is 0 Å². The number of Topliss-reactive ketones (excluding diaryl/α,β-unsaturated/α-hetero) is 1. The predicted octanol–water partition coefficient (Wildman–Crippen LogP) is 1.42. The third-order valence-electron chi connectivity index (χ3n) is 2.87. The molecule has 0 bridgehead atoms. The highest BCUT2D eigenvalue weighted by Gasteiger charge is 2.34. The highest BCUT2D eigenvalue weighted by atomic mass is 16.6. The summed E-state index contributed by atoms with van der Waals surface area (Å²) >= 11 is 0. The zero-order valence-corrected chi connectivity index (χ0v) is 11.8. The maximum atomic E-state index is 11.8. The van der Waals surface area contributed by atoms with Crippen LogP contribution in [0.3, 0.4) is 0 Å². The molecule has 0 aromatic heterocycles. The molecular formula is C13H21NO5. The molecule has 0 aromatic carbocycles. The highest BCUT2D eigenvalue weighted by molar-refractivity contribution is 5.91. The number of amides is 1. The maximum Gasteiger partial charge on any atom is 0.408 e. The van der Waals surface area contributed by atoms with Gasteiger partial charge in [-0.1, -0.05) is 0 Å². The fourth-order valence-corrected chi connectivity index (χ4v) is 1.99. The normalized spacial score (nSPS) is 23.7. The average Bonchev–Trinajstić information content (AvgIpc) is 2.28. The van der Waals surface area contributed by atoms with Gasteiger partial charge in [-0.3, -0.25) is 9.59 Å². The van der Waals surface area contributed by atoms with Crippen LogP contribution >= 0.6 is 0 Å². The minimum absolute atomic E-state index is 0.104. The molecule has 1 N–H and O–H groups in total. The van der Waals surface area contributed by atoms with Gasteiger partial charge in [0.2, 0.25) is 0 Å². The van der Waals surface area contributed by atoms with Gasteiger partial charge in [0.15, 0.2) is 5.78 Å². The molecule has 0 aliphatic heterocycles. The van der Waals surface area contributed by atoms with Crippen LogP contribution in [0.25, 0.3) is 0 Å². The van der Waals surface area contributed by atoms with E-state index in [2.05, 4.69) is 10.1 Å². The first kappa shape index (κ1) is 15.5. The number of methoxy groups -OCH3 is 1. The number of carbonyl (C=O) groups excluding carboxylic acids is 3. The van der Waals surface area contributed by atoms with E-state index in [9.17, 15) is 14.4 Å². The molecule has 1 amide bonds. The van der Waals surface area contributed by atoms with Crippen LogP contribution in [0.4, 0.5) is 4.79 Å². The number of alkyl carbamates (subject to hydrolysis) is 1. The molecule has 0 spiro atoms. The fourth-order valence-electron chi connectivity index (χ4n) is 1.99. The van der Waals surface area contributed by atoms with Gasteiger partial charge in [-0.2, -0.15) is 0 Å². The van der Waals surface area contributed by atoms with E-state index in [0.29, 0.717) is 12.8 Å². The zero-order chi connectivity index (χ0) is 14.6. The molecule has 19 heavy (non-hydrogen) atoms. The number of ether oxygens (including phenoxy) is 2. The van der Waals surface area contributed by atoms with Crippen LogP contribution in [-0.2, 0) is 19.1 Å². The van der Waals surface area contributed by atoms with Crippen LogP contribution in [0.1, 0.15) is 40.0 Å². The van der Waals surface area contributed by atoms with Gasteiger partial charge >= 0.3 is 12.1 Å². The van der Waals surface area contributed by atoms with Crippen LogP contribution in [0, 0.1) is 5.92 Å². The van der Waals surface area contributed by atoms with Gasteiger partial charge in [0.05, 0.1) is 19.1 Å². The van der Waals surface area contributed by atoms with E-state index in [1.165, 1.54) is 7.11 Å². The maximum absolute atomic E-state index is 11.8. The largest absolute Gasteiger partial charge is 0.469 e. The number of hydrogen-bond donors (Lipinski definition) is 1. The van der Waals surface area contributed by atoms with Gasteiger partial charge in [-0.05, 0) is 33.6 Å². The molecule has 6 nitrogen and oxygen atoms in total. The van der Waals surface area contributed by atoms with E-state index in [0.717, 1.165) is 0 Å². The lowest BCUT2D eigenvalue weighted by molar-refractivity contribution is -0.149. The molecule has 1 aliphatic rings. The van der Waals surface area contributed by atoms with Crippen molar-refractivity contribution in [2.75, 3.05) is 7.11 Å². The Kier molecular flexibility index (Phi) is 4.91. The van der Waals surface area contributed by atoms with E-state index in [-0.39, 0.29) is 18.2 Å². The second-order valence-corrected chi connectivity index (χ2v) is 5.67. The number of ketones is 1. The molecule has 0 heterocycles. The Bertz CT molecular complexity index is 372. The van der Waals surface area contributed by atoms with Crippen molar-refractivity contribution in [1.82, 2.24) is 5.32 Å². The lowest BCUT2D eigenvalue weighted by atomic mass is 9.85. The van der Waals surface area contributed by atoms with Crippen molar-refractivity contribution in [2.45, 2.75) is 51.7 Å². The number of nitrogens with one attached hydrogen (secondary N) is 1. The monoisotopic (exact) mass is 271 g/mol. The predicted molar refractivity (Wildman–Crippen MR) is 67.5 cm³/mol. The third kappa shape index (κ3) is 4.89. The van der Waals surface area contributed by atoms with Crippen LogP contribution < -0.4 is 5.32 Å². The minimum Gasteiger partial charge on any atom is -0.469 e. The van der Waals surface area contributed by atoms with Crippen molar-refractivity contribution in [3.8, 4) is 0 Å². The summed E-state index contributed by atoms with van der Waals surface area (Å²) in [6, 6.07) is -0.573. The summed E-state index contributed by atoms with van der Waals surface area (Å²) in [6.07, 6.45) is 0.450. The molecule has 2 unspecified atom stereocenters. The molecule has 6 heteroatoms. The molecule has 0 radical (unpaired) electrons. The van der Waals surface area contributed by atoms with E-state index < -0.39 is 23.7 Å². The second kappa shape index (κ2) is 6.04. The molecule has 1 fully saturated rings. The van der Waals surface area contributed by atoms with Gasteiger partial charge in [0, 0.05) is 6.42 Å². The lowest BCUT2D eigenvalue weighted by Gasteiger charge is -2.27. The molecular weight excluding hydrogens is 250 g/mol. The van der Waals surface area contributed by atoms with Gasteiger partial charge < -0.3 is 14.8 Å². The van der Waals surface area contributed by atoms with Crippen LogP contribution in [0.5, 0.6) is 0 Å². The Morgan fingerprint density at radius 2 is 1.89 bits per heavy atom. The van der Waals surface area contributed by atoms with E-state index in [1.807, 2.05) is 0 Å². The van der Waals surface area contributed by atoms with Gasteiger partial charge in [0.25, 0.3) is 0 Å². The van der Waals surface area contributed by atoms with Gasteiger partial charge in [0.1, 0.15) is 5.60 Å². The van der Waals surface area contributed by atoms with Crippen molar-refractivity contribution >= 4 is 17.8 Å². The number of hydrogen-bond acceptors (Lipinski definition) is 5. The molecule has 1 aliphatic carbocycles. The summed E-state index contributed by atoms with van der Waals surface area (Å²) in [7, 11) is 1.30. The Labute approximate surface area is 112 Å². The lowest BCUT2D eigenvalue weighted by Crippen LogP contribution is -2.46. The molecule has 1 rings (SSSR count). The first-order valence-electron chi connectivity index (χ1n) is 6.33. The SMILES string of the molecule is COC(=O)C1CCC(NC(=O)OC(C)(C)C)C(=O)C1. The quantitative estimate of drug-likeness (QED) is 0.768. The van der Waals surface area contributed by atoms with Gasteiger partial charge in [-0.15, -0.1) is 0 Å². The first-order valence-corrected chi connectivity index (χ1v) is 6.33. The summed E-state index contributed by atoms with van der Waals surface area (Å²) in [5, 5.41) is 2.54. The summed E-state index contributed by atoms with van der Waals surface area (Å²) in [5.41, 5.74) is -0.601. The number of rotatable bonds is 2. The fraction of sp³-hybridized carbons (Fsp3) is 0.769. The molecule has 1 saturated carbocycles. The number of carbonyl (C=O) groups is 3. The van der Waals surface area contributed by atoms with Crippen molar-refractivity contribution in [1.29, 1.82) is 0 Å². The molecule has 0 saturated heterocycles. The van der Waals surface area contributed by atoms with E-state index in [4.69, 9.17) is 4.74 Å². The van der Waals surface area contributed by atoms with Crippen LogP contribution in [-0.4, -0.2) is 36.6 Å². The summed E-state index contributed by atoms with van der Waals surface area (Å²) in [6.45, 7) is 5.26. The molecule has 108 valence electrons. The van der Waals surface area contributed by atoms with Crippen molar-refractivity contribution in [3.05, 3.63) is 0 Å². The smallest absolute Gasteiger partial charge is 0.408 e. The zero-order valence-electron chi connectivity index (χ0n) is 11.8. The highest BCUT2D eigenvalue weighted by Crippen LogP contribution is 2.23. The summed E-state index contributed by atoms with van der Waals surface area (Å²) in [5.74, 6) is -0.925. The second-order valence-electron chi connectivity index (χ2n) is 5.67. The van der Waals surface area contributed by atoms with Gasteiger partial charge in [-0.25, -0.2) is 4.79 Å². The summed E-state index contributed by atoms with van der Waals surface area (Å²) in [4.78, 5) is 34.8. The molecule has 0 aromatic rings. The van der Waals surface area contributed by atoms with Crippen LogP contribution in [0.15, 0.2) is 0 Å². The topological polar surface area (TPSA) is 81.7 Å². The summed E-state index contributed by atoms with van der Waals surface area (Å²) < 4.78 is 9.71. The Morgan fingerprint density at radius 3 is 2.37 bits per heavy atom. The van der Waals surface area contributed by atoms with Crippen LogP contribution in [0.2, 0.25) is 0 Å². The standard InChI is InChI=1S/C13H21NO5/c1-13(2,3)19-12(17)14-9-6-5-8(7-10(9)15)11(16)18-4/h8-9H,5-7H2,1-4H3,(H,14,17). The van der Waals surface area contributed by atoms with E-state index >= 15 is 0 Å². The third-order valence-corrected chi connectivity index (χ3v) is 2.87. The number of esters is 1. The molecule has 2 atom stereocenters.